The second-order valence-electron chi connectivity index (χ2n) is 3.78. The van der Waals surface area contributed by atoms with E-state index in [9.17, 15) is 5.02 Å². The molecule has 0 aliphatic carbocycles. The monoisotopic (exact) mass is 291 g/mol. The van der Waals surface area contributed by atoms with Gasteiger partial charge in [0.25, 0.3) is 5.60 Å². The van der Waals surface area contributed by atoms with Crippen molar-refractivity contribution < 1.29 is 24.3 Å². The normalized spacial score (nSPS) is 9.57. The maximum atomic E-state index is 9.92. The lowest BCUT2D eigenvalue weighted by atomic mass is 10.1. The Balaban J connectivity index is 0.000000423. The highest BCUT2D eigenvalue weighted by atomic mass is 17.2. The molecule has 9 nitrogen and oxygen atoms in total. The summed E-state index contributed by atoms with van der Waals surface area (Å²) in [6.45, 7) is 3.18. The number of hydrogen-bond acceptors (Lipinski definition) is 7. The minimum atomic E-state index is -2.51. The molecule has 0 saturated heterocycles. The first-order valence-electron chi connectivity index (χ1n) is 5.81. The van der Waals surface area contributed by atoms with E-state index >= 15 is 0 Å². The molecule has 0 aliphatic rings. The maximum absolute atomic E-state index is 9.92. The molecule has 1 rings (SSSR count). The summed E-state index contributed by atoms with van der Waals surface area (Å²) < 4.78 is 4.16. The number of nitriles is 3. The van der Waals surface area contributed by atoms with Crippen LogP contribution in [0.2, 0.25) is 0 Å². The summed E-state index contributed by atoms with van der Waals surface area (Å²) in [5.74, 6) is 0. The van der Waals surface area contributed by atoms with E-state index in [4.69, 9.17) is 20.8 Å². The van der Waals surface area contributed by atoms with Crippen LogP contribution in [0.25, 0.3) is 0 Å². The van der Waals surface area contributed by atoms with Crippen LogP contribution in [0, 0.1) is 34.0 Å². The Morgan fingerprint density at radius 1 is 1.43 bits per heavy atom. The molecule has 1 aromatic heterocycles. The van der Waals surface area contributed by atoms with Crippen molar-refractivity contribution in [3.63, 3.8) is 0 Å². The van der Waals surface area contributed by atoms with Crippen LogP contribution in [0.4, 0.5) is 0 Å². The quantitative estimate of drug-likeness (QED) is 0.295. The molecule has 0 fully saturated rings. The number of imidazole rings is 1. The highest BCUT2D eigenvalue weighted by Crippen LogP contribution is 2.13. The first-order valence-corrected chi connectivity index (χ1v) is 5.81. The summed E-state index contributed by atoms with van der Waals surface area (Å²) in [7, 11) is -0.494. The van der Waals surface area contributed by atoms with Crippen molar-refractivity contribution in [2.45, 2.75) is 25.5 Å². The molecule has 0 spiro atoms. The Bertz CT molecular complexity index is 540. The molecule has 10 heteroatoms. The number of nitrogens with zero attached hydrogens (tertiary/aromatic N) is 5. The van der Waals surface area contributed by atoms with Gasteiger partial charge >= 0.3 is 7.32 Å². The van der Waals surface area contributed by atoms with Crippen molar-refractivity contribution in [1.29, 1.82) is 15.8 Å². The Morgan fingerprint density at radius 3 is 2.33 bits per heavy atom. The third-order valence-corrected chi connectivity index (χ3v) is 2.15. The molecule has 0 aliphatic heterocycles. The van der Waals surface area contributed by atoms with Crippen molar-refractivity contribution in [2.24, 2.45) is 7.05 Å². The lowest BCUT2D eigenvalue weighted by Crippen LogP contribution is -2.39. The average Bonchev–Trinajstić information content (AvgIpc) is 2.90. The van der Waals surface area contributed by atoms with Gasteiger partial charge in [0.2, 0.25) is 6.33 Å². The van der Waals surface area contributed by atoms with E-state index in [0.717, 1.165) is 6.54 Å². The Kier molecular flexibility index (Phi) is 8.39. The summed E-state index contributed by atoms with van der Waals surface area (Å²) in [6, 6.07) is 4.18. The number of rotatable bonds is 5. The van der Waals surface area contributed by atoms with Crippen molar-refractivity contribution in [2.75, 3.05) is 0 Å². The van der Waals surface area contributed by atoms with E-state index in [0.29, 0.717) is 0 Å². The van der Waals surface area contributed by atoms with E-state index in [2.05, 4.69) is 33.7 Å². The third kappa shape index (κ3) is 7.07. The van der Waals surface area contributed by atoms with Crippen LogP contribution < -0.4 is 9.59 Å². The van der Waals surface area contributed by atoms with Gasteiger partial charge in [-0.05, 0) is 6.92 Å². The smallest absolute Gasteiger partial charge is 0.387 e. The molecule has 0 bridgehead atoms. The number of aromatic nitrogens is 2. The Hall–Kier alpha value is -2.42. The number of aryl methyl sites for hydroxylation is 2. The van der Waals surface area contributed by atoms with Crippen molar-refractivity contribution in [3.8, 4) is 18.2 Å². The van der Waals surface area contributed by atoms with Gasteiger partial charge in [0.1, 0.15) is 24.5 Å². The van der Waals surface area contributed by atoms with Gasteiger partial charge in [-0.15, -0.1) is 0 Å². The van der Waals surface area contributed by atoms with Crippen LogP contribution in [-0.4, -0.2) is 22.5 Å². The zero-order valence-electron chi connectivity index (χ0n) is 11.6. The van der Waals surface area contributed by atoms with E-state index in [1.54, 1.807) is 0 Å². The predicted octanol–water partition coefficient (Wildman–Crippen LogP) is -1.70. The summed E-state index contributed by atoms with van der Waals surface area (Å²) in [5.41, 5.74) is -2.17. The van der Waals surface area contributed by atoms with Crippen LogP contribution >= 0.6 is 0 Å². The summed E-state index contributed by atoms with van der Waals surface area (Å²) in [4.78, 5) is 7.67. The third-order valence-electron chi connectivity index (χ3n) is 2.15. The largest absolute Gasteiger partial charge is 0.830 e. The minimum absolute atomic E-state index is 0.591. The van der Waals surface area contributed by atoms with Crippen molar-refractivity contribution in [1.82, 2.24) is 4.57 Å². The van der Waals surface area contributed by atoms with Gasteiger partial charge in [-0.2, -0.15) is 15.8 Å². The molecule has 0 amide bonds. The lowest BCUT2D eigenvalue weighted by Gasteiger charge is -2.17. The minimum Gasteiger partial charge on any atom is -0.830 e. The fourth-order valence-corrected chi connectivity index (χ4v) is 1.09. The zero-order chi connectivity index (χ0) is 16.3. The predicted molar refractivity (Wildman–Crippen MR) is 65.6 cm³/mol. The Labute approximate surface area is 122 Å². The summed E-state index contributed by atoms with van der Waals surface area (Å²) in [5, 5.41) is 43.0. The fraction of sp³-hybridized carbons (Fsp3) is 0.455. The first kappa shape index (κ1) is 18.6. The zero-order valence-corrected chi connectivity index (χ0v) is 11.6. The Morgan fingerprint density at radius 2 is 2.05 bits per heavy atom. The highest BCUT2D eigenvalue weighted by Gasteiger charge is 2.33. The molecule has 0 unspecified atom stereocenters. The van der Waals surface area contributed by atoms with E-state index in [1.807, 2.05) is 17.8 Å². The molecule has 1 N–H and O–H groups in total. The lowest BCUT2D eigenvalue weighted by molar-refractivity contribution is -0.671. The highest BCUT2D eigenvalue weighted by molar-refractivity contribution is 6.30. The number of hydrogen-bond donors (Lipinski definition) is 1. The molecule has 21 heavy (non-hydrogen) atoms. The molecule has 0 atom stereocenters. The topological polar surface area (TPSA) is 142 Å². The van der Waals surface area contributed by atoms with Gasteiger partial charge in [0.15, 0.2) is 0 Å². The second-order valence-corrected chi connectivity index (χ2v) is 3.78. The van der Waals surface area contributed by atoms with Crippen LogP contribution in [0.3, 0.4) is 0 Å². The first-order chi connectivity index (χ1) is 9.92. The van der Waals surface area contributed by atoms with Gasteiger partial charge in [0.05, 0.1) is 26.1 Å². The van der Waals surface area contributed by atoms with Gasteiger partial charge < -0.3 is 10.0 Å². The molecule has 0 radical (unpaired) electrons. The molecule has 1 heterocycles. The molecule has 110 valence electrons. The van der Waals surface area contributed by atoms with Gasteiger partial charge in [-0.3, -0.25) is 4.81 Å². The van der Waals surface area contributed by atoms with Crippen LogP contribution in [0.5, 0.6) is 0 Å². The van der Waals surface area contributed by atoms with E-state index in [-0.39, 0.29) is 0 Å². The molecular weight excluding hydrogens is 277 g/mol. The summed E-state index contributed by atoms with van der Waals surface area (Å²) in [6.07, 6.45) is 5.55. The standard InChI is InChI=1S/C6H11N2.C5H3BN3O4/c1-3-8-5-4-7(2)6-8;7-2-1-5(3-8,4-9)12-13-6(10)11/h4-6H,3H2,1-2H3;10H,1H2/q+1;-1. The van der Waals surface area contributed by atoms with Gasteiger partial charge in [-0.25, -0.2) is 14.0 Å². The fourth-order valence-electron chi connectivity index (χ4n) is 1.09. The van der Waals surface area contributed by atoms with Crippen molar-refractivity contribution >= 4 is 7.32 Å². The van der Waals surface area contributed by atoms with Gasteiger partial charge in [0, 0.05) is 0 Å². The SMILES string of the molecule is CCn1cc[n+](C)c1.N#CCC(C#N)(C#N)OOB([O-])O. The van der Waals surface area contributed by atoms with Crippen molar-refractivity contribution in [3.05, 3.63) is 18.7 Å². The van der Waals surface area contributed by atoms with Crippen LogP contribution in [0.15, 0.2) is 18.7 Å². The summed E-state index contributed by atoms with van der Waals surface area (Å²) >= 11 is 0. The van der Waals surface area contributed by atoms with Crippen LogP contribution in [0.1, 0.15) is 13.3 Å². The second kappa shape index (κ2) is 9.48. The molecule has 0 aromatic carbocycles. The molecular formula is C11H14BN5O4. The maximum Gasteiger partial charge on any atom is 0.387 e. The van der Waals surface area contributed by atoms with Gasteiger partial charge in [-0.1, -0.05) is 0 Å². The van der Waals surface area contributed by atoms with E-state index in [1.165, 1.54) is 18.2 Å². The van der Waals surface area contributed by atoms with Crippen LogP contribution in [-0.2, 0) is 23.3 Å². The molecule has 1 aromatic rings. The average molecular weight is 291 g/mol. The van der Waals surface area contributed by atoms with E-state index < -0.39 is 19.3 Å². The molecule has 0 saturated carbocycles.